The highest BCUT2D eigenvalue weighted by Gasteiger charge is 2.54. The average molecular weight is 563 g/mol. The predicted octanol–water partition coefficient (Wildman–Crippen LogP) is 3.52. The zero-order valence-corrected chi connectivity index (χ0v) is 23.8. The molecule has 2 amide bonds. The fourth-order valence-corrected chi connectivity index (χ4v) is 6.37. The number of benzene rings is 1. The molecule has 3 fully saturated rings. The summed E-state index contributed by atoms with van der Waals surface area (Å²) in [5.41, 5.74) is 7.89. The van der Waals surface area contributed by atoms with Crippen LogP contribution in [-0.2, 0) is 11.2 Å². The first-order chi connectivity index (χ1) is 19.5. The van der Waals surface area contributed by atoms with Gasteiger partial charge in [-0.15, -0.1) is 0 Å². The number of rotatable bonds is 11. The van der Waals surface area contributed by atoms with E-state index in [1.165, 1.54) is 0 Å². The van der Waals surface area contributed by atoms with Crippen molar-refractivity contribution >= 4 is 17.3 Å². The van der Waals surface area contributed by atoms with Crippen molar-refractivity contribution in [2.45, 2.75) is 82.5 Å². The summed E-state index contributed by atoms with van der Waals surface area (Å²) < 4.78 is 19.4. The smallest absolute Gasteiger partial charge is 0.252 e. The van der Waals surface area contributed by atoms with Gasteiger partial charge in [-0.25, -0.2) is 4.52 Å². The Morgan fingerprint density at radius 2 is 1.90 bits per heavy atom. The van der Waals surface area contributed by atoms with Crippen molar-refractivity contribution in [1.29, 1.82) is 0 Å². The van der Waals surface area contributed by atoms with E-state index in [1.54, 1.807) is 45.4 Å². The predicted molar refractivity (Wildman–Crippen MR) is 151 cm³/mol. The molecule has 4 N–H and O–H groups in total. The molecule has 3 aliphatic rings. The molecule has 0 saturated heterocycles. The van der Waals surface area contributed by atoms with Gasteiger partial charge in [0.2, 0.25) is 5.91 Å². The third-order valence-corrected chi connectivity index (χ3v) is 8.45. The monoisotopic (exact) mass is 562 g/mol. The van der Waals surface area contributed by atoms with Crippen LogP contribution in [0.5, 0.6) is 17.2 Å². The molecule has 41 heavy (non-hydrogen) atoms. The van der Waals surface area contributed by atoms with Gasteiger partial charge in [0.15, 0.2) is 11.5 Å². The maximum absolute atomic E-state index is 13.0. The quantitative estimate of drug-likeness (QED) is 0.325. The Labute approximate surface area is 239 Å². The van der Waals surface area contributed by atoms with Crippen molar-refractivity contribution in [3.05, 3.63) is 53.3 Å². The summed E-state index contributed by atoms with van der Waals surface area (Å²) in [6, 6.07) is 9.13. The van der Waals surface area contributed by atoms with E-state index in [1.807, 2.05) is 16.6 Å². The fraction of sp³-hybridized carbons (Fsp3) is 0.516. The van der Waals surface area contributed by atoms with E-state index in [0.29, 0.717) is 23.0 Å². The number of nitrogens with two attached hydrogens (primary N) is 1. The maximum Gasteiger partial charge on any atom is 0.252 e. The number of carbonyl (C=O) groups excluding carboxylic acids is 2. The molecule has 3 saturated carbocycles. The highest BCUT2D eigenvalue weighted by Crippen LogP contribution is 2.57. The molecule has 3 aliphatic carbocycles. The van der Waals surface area contributed by atoms with Gasteiger partial charge in [0, 0.05) is 17.5 Å². The number of aliphatic hydroxyl groups is 1. The van der Waals surface area contributed by atoms with Crippen molar-refractivity contribution < 1.29 is 28.9 Å². The second-order valence-corrected chi connectivity index (χ2v) is 12.6. The lowest BCUT2D eigenvalue weighted by Crippen LogP contribution is -2.59. The number of ether oxygens (including phenoxy) is 3. The molecule has 6 rings (SSSR count). The molecule has 1 aromatic carbocycles. The standard InChI is InChI=1S/C31H38N4O6/c1-30(2,38)17-40-24-10-9-23-19(16-33-35(23)27(24)18-7-8-18)11-26(36)34-20-12-31(13-20)14-21(15-31)41-28-22(29(32)37)5-4-6-25(28)39-3/h4-6,9-10,16,18,20-21,38H,7-8,11-15,17H2,1-3H3,(H2,32,37)(H,34,36). The van der Waals surface area contributed by atoms with Gasteiger partial charge in [0.25, 0.3) is 5.91 Å². The summed E-state index contributed by atoms with van der Waals surface area (Å²) >= 11 is 0. The van der Waals surface area contributed by atoms with Gasteiger partial charge in [-0.3, -0.25) is 9.59 Å². The Balaban J connectivity index is 1.03. The number of hydrogen-bond acceptors (Lipinski definition) is 7. The lowest BCUT2D eigenvalue weighted by Gasteiger charge is -2.57. The molecule has 2 aromatic heterocycles. The van der Waals surface area contributed by atoms with E-state index in [2.05, 4.69) is 10.4 Å². The second kappa shape index (κ2) is 10.2. The Bertz CT molecular complexity index is 1470. The van der Waals surface area contributed by atoms with E-state index in [-0.39, 0.29) is 36.5 Å². The van der Waals surface area contributed by atoms with E-state index in [4.69, 9.17) is 19.9 Å². The zero-order valence-electron chi connectivity index (χ0n) is 23.8. The van der Waals surface area contributed by atoms with Crippen molar-refractivity contribution in [2.75, 3.05) is 13.7 Å². The van der Waals surface area contributed by atoms with Gasteiger partial charge in [-0.2, -0.15) is 5.10 Å². The summed E-state index contributed by atoms with van der Waals surface area (Å²) in [5.74, 6) is 1.46. The van der Waals surface area contributed by atoms with Crippen LogP contribution < -0.4 is 25.3 Å². The number of nitrogens with one attached hydrogen (secondary N) is 1. The number of methoxy groups -OCH3 is 1. The van der Waals surface area contributed by atoms with Crippen molar-refractivity contribution in [1.82, 2.24) is 14.9 Å². The van der Waals surface area contributed by atoms with Gasteiger partial charge in [0.1, 0.15) is 18.5 Å². The number of pyridine rings is 1. The molecular weight excluding hydrogens is 524 g/mol. The first-order valence-electron chi connectivity index (χ1n) is 14.3. The summed E-state index contributed by atoms with van der Waals surface area (Å²) in [5, 5.41) is 17.9. The van der Waals surface area contributed by atoms with Gasteiger partial charge in [0.05, 0.1) is 42.1 Å². The third kappa shape index (κ3) is 5.57. The number of carbonyl (C=O) groups is 2. The minimum Gasteiger partial charge on any atom is -0.493 e. The average Bonchev–Trinajstić information content (AvgIpc) is 3.64. The Hall–Kier alpha value is -3.79. The molecule has 0 radical (unpaired) electrons. The number of aromatic nitrogens is 2. The molecule has 0 atom stereocenters. The van der Waals surface area contributed by atoms with Gasteiger partial charge < -0.3 is 30.4 Å². The van der Waals surface area contributed by atoms with Crippen LogP contribution in [0.3, 0.4) is 0 Å². The molecule has 0 bridgehead atoms. The molecule has 3 aromatic rings. The van der Waals surface area contributed by atoms with Crippen LogP contribution in [0.15, 0.2) is 36.5 Å². The Morgan fingerprint density at radius 3 is 2.56 bits per heavy atom. The Morgan fingerprint density at radius 1 is 1.15 bits per heavy atom. The summed E-state index contributed by atoms with van der Waals surface area (Å²) in [6.45, 7) is 3.63. The Kier molecular flexibility index (Phi) is 6.84. The molecule has 10 nitrogen and oxygen atoms in total. The summed E-state index contributed by atoms with van der Waals surface area (Å²) in [4.78, 5) is 24.8. The van der Waals surface area contributed by atoms with Gasteiger partial charge in [-0.1, -0.05) is 6.07 Å². The topological polar surface area (TPSA) is 137 Å². The first-order valence-corrected chi connectivity index (χ1v) is 14.3. The number of nitrogens with zero attached hydrogens (tertiary/aromatic N) is 2. The van der Waals surface area contributed by atoms with Crippen LogP contribution in [0.4, 0.5) is 0 Å². The molecule has 218 valence electrons. The normalized spacial score (nSPS) is 23.5. The molecule has 0 unspecified atom stereocenters. The number of fused-ring (bicyclic) bond motifs is 1. The van der Waals surface area contributed by atoms with Crippen LogP contribution in [0.1, 0.15) is 79.9 Å². The van der Waals surface area contributed by atoms with Crippen molar-refractivity contribution in [2.24, 2.45) is 11.1 Å². The minimum absolute atomic E-state index is 0.0117. The summed E-state index contributed by atoms with van der Waals surface area (Å²) in [6.07, 6.45) is 7.73. The van der Waals surface area contributed by atoms with E-state index < -0.39 is 11.5 Å². The van der Waals surface area contributed by atoms with Gasteiger partial charge in [-0.05, 0) is 82.1 Å². The largest absolute Gasteiger partial charge is 0.493 e. The van der Waals surface area contributed by atoms with Crippen LogP contribution in [0.2, 0.25) is 0 Å². The van der Waals surface area contributed by atoms with Crippen LogP contribution in [-0.4, -0.2) is 58.0 Å². The molecule has 10 heteroatoms. The lowest BCUT2D eigenvalue weighted by atomic mass is 9.53. The summed E-state index contributed by atoms with van der Waals surface area (Å²) in [7, 11) is 1.54. The van der Waals surface area contributed by atoms with E-state index in [0.717, 1.165) is 61.0 Å². The van der Waals surface area contributed by atoms with E-state index in [9.17, 15) is 14.7 Å². The van der Waals surface area contributed by atoms with Crippen LogP contribution in [0, 0.1) is 5.41 Å². The van der Waals surface area contributed by atoms with Crippen LogP contribution in [0.25, 0.3) is 5.52 Å². The third-order valence-electron chi connectivity index (χ3n) is 8.45. The molecule has 1 spiro atoms. The van der Waals surface area contributed by atoms with Crippen LogP contribution >= 0.6 is 0 Å². The SMILES string of the molecule is COc1cccc(C(N)=O)c1OC1CC2(CC(NC(=O)Cc3cnn4c(C5CC5)c(OCC(C)(C)O)ccc34)C2)C1. The number of para-hydroxylation sites is 1. The first kappa shape index (κ1) is 27.4. The lowest BCUT2D eigenvalue weighted by molar-refractivity contribution is -0.126. The fourth-order valence-electron chi connectivity index (χ4n) is 6.37. The highest BCUT2D eigenvalue weighted by molar-refractivity contribution is 5.96. The minimum atomic E-state index is -0.930. The van der Waals surface area contributed by atoms with Crippen molar-refractivity contribution in [3.8, 4) is 17.2 Å². The molecular formula is C31H38N4O6. The number of primary amides is 1. The number of amides is 2. The highest BCUT2D eigenvalue weighted by atomic mass is 16.5. The van der Waals surface area contributed by atoms with Gasteiger partial charge >= 0.3 is 0 Å². The maximum atomic E-state index is 13.0. The molecule has 2 heterocycles. The van der Waals surface area contributed by atoms with Crippen molar-refractivity contribution in [3.63, 3.8) is 0 Å². The van der Waals surface area contributed by atoms with E-state index >= 15 is 0 Å². The zero-order chi connectivity index (χ0) is 28.9. The second-order valence-electron chi connectivity index (χ2n) is 12.6. The number of hydrogen-bond donors (Lipinski definition) is 3. The molecule has 0 aliphatic heterocycles.